The molecule has 2 aromatic carbocycles. The fraction of sp³-hybridized carbons (Fsp3) is 0.227. The number of thiocarbonyl (C=S) groups is 1. The lowest BCUT2D eigenvalue weighted by Crippen LogP contribution is -2.37. The predicted octanol–water partition coefficient (Wildman–Crippen LogP) is 4.06. The predicted molar refractivity (Wildman–Crippen MR) is 134 cm³/mol. The van der Waals surface area contributed by atoms with Gasteiger partial charge in [0.2, 0.25) is 0 Å². The Labute approximate surface area is 202 Å². The molecular formula is C22H23ClN4O4S2. The van der Waals surface area contributed by atoms with Crippen molar-refractivity contribution in [2.75, 3.05) is 41.2 Å². The van der Waals surface area contributed by atoms with Crippen molar-refractivity contribution in [2.45, 2.75) is 11.4 Å². The molecule has 33 heavy (non-hydrogen) atoms. The van der Waals surface area contributed by atoms with Gasteiger partial charge in [0.25, 0.3) is 10.0 Å². The van der Waals surface area contributed by atoms with E-state index in [4.69, 9.17) is 33.0 Å². The van der Waals surface area contributed by atoms with Crippen LogP contribution >= 0.6 is 23.8 Å². The van der Waals surface area contributed by atoms with Crippen LogP contribution in [-0.4, -0.2) is 39.8 Å². The van der Waals surface area contributed by atoms with Crippen molar-refractivity contribution in [2.24, 2.45) is 0 Å². The summed E-state index contributed by atoms with van der Waals surface area (Å²) in [6, 6.07) is 15.0. The van der Waals surface area contributed by atoms with Crippen molar-refractivity contribution in [3.63, 3.8) is 0 Å². The molecule has 3 aromatic rings. The molecule has 0 aliphatic carbocycles. The first-order chi connectivity index (χ1) is 15.9. The molecule has 0 radical (unpaired) electrons. The maximum atomic E-state index is 13.0. The molecule has 11 heteroatoms. The molecule has 3 N–H and O–H groups in total. The van der Waals surface area contributed by atoms with E-state index in [0.717, 1.165) is 11.4 Å². The second-order valence-electron chi connectivity index (χ2n) is 7.28. The van der Waals surface area contributed by atoms with E-state index in [2.05, 4.69) is 20.3 Å². The van der Waals surface area contributed by atoms with E-state index in [1.807, 2.05) is 6.07 Å². The molecule has 8 nitrogen and oxygen atoms in total. The second kappa shape index (κ2) is 10.4. The number of hydrogen-bond acceptors (Lipinski definition) is 6. The summed E-state index contributed by atoms with van der Waals surface area (Å²) in [5.74, 6) is 0.732. The zero-order chi connectivity index (χ0) is 23.3. The molecule has 1 aliphatic heterocycles. The van der Waals surface area contributed by atoms with Gasteiger partial charge in [-0.3, -0.25) is 4.72 Å². The number of sulfonamides is 1. The second-order valence-corrected chi connectivity index (χ2v) is 9.80. The van der Waals surface area contributed by atoms with E-state index in [1.54, 1.807) is 54.8 Å². The summed E-state index contributed by atoms with van der Waals surface area (Å²) in [6.45, 7) is 2.98. The lowest BCUT2D eigenvalue weighted by Gasteiger charge is -2.31. The normalized spacial score (nSPS) is 14.0. The molecule has 1 fully saturated rings. The molecule has 0 amide bonds. The van der Waals surface area contributed by atoms with Gasteiger partial charge in [0, 0.05) is 23.8 Å². The summed E-state index contributed by atoms with van der Waals surface area (Å²) in [5.41, 5.74) is 1.83. The standard InChI is InChI=1S/C22H23ClN4O4S2/c23-16-3-5-17(6-4-16)26-33(28,29)19-7-8-21(27-9-12-30-13-10-27)20(14-19)25-22(32)24-15-18-2-1-11-31-18/h1-8,11,14,26H,9-10,12-13,15H2,(H2,24,25,32). The molecule has 0 spiro atoms. The van der Waals surface area contributed by atoms with Crippen LogP contribution < -0.4 is 20.3 Å². The Morgan fingerprint density at radius 1 is 1.09 bits per heavy atom. The number of ether oxygens (including phenoxy) is 1. The Hall–Kier alpha value is -2.79. The number of halogens is 1. The van der Waals surface area contributed by atoms with Crippen molar-refractivity contribution in [3.8, 4) is 0 Å². The molecule has 0 atom stereocenters. The highest BCUT2D eigenvalue weighted by Gasteiger charge is 2.21. The molecule has 1 aromatic heterocycles. The van der Waals surface area contributed by atoms with E-state index < -0.39 is 10.0 Å². The summed E-state index contributed by atoms with van der Waals surface area (Å²) >= 11 is 11.3. The monoisotopic (exact) mass is 506 g/mol. The van der Waals surface area contributed by atoms with E-state index in [0.29, 0.717) is 54.4 Å². The number of nitrogens with zero attached hydrogens (tertiary/aromatic N) is 1. The zero-order valence-corrected chi connectivity index (χ0v) is 20.0. The number of benzene rings is 2. The van der Waals surface area contributed by atoms with E-state index in [1.165, 1.54) is 0 Å². The average Bonchev–Trinajstić information content (AvgIpc) is 3.33. The summed E-state index contributed by atoms with van der Waals surface area (Å²) < 4.78 is 39.4. The van der Waals surface area contributed by atoms with Gasteiger partial charge in [-0.25, -0.2) is 8.42 Å². The third-order valence-electron chi connectivity index (χ3n) is 4.98. The fourth-order valence-corrected chi connectivity index (χ4v) is 4.73. The van der Waals surface area contributed by atoms with Crippen molar-refractivity contribution < 1.29 is 17.6 Å². The molecule has 2 heterocycles. The number of furan rings is 1. The van der Waals surface area contributed by atoms with Crippen molar-refractivity contribution in [1.29, 1.82) is 0 Å². The Balaban J connectivity index is 1.57. The summed E-state index contributed by atoms with van der Waals surface area (Å²) in [7, 11) is -3.83. The minimum atomic E-state index is -3.83. The van der Waals surface area contributed by atoms with Crippen LogP contribution in [0, 0.1) is 0 Å². The third-order valence-corrected chi connectivity index (χ3v) is 6.86. The minimum Gasteiger partial charge on any atom is -0.467 e. The van der Waals surface area contributed by atoms with Crippen LogP contribution in [0.5, 0.6) is 0 Å². The molecule has 0 saturated carbocycles. The smallest absolute Gasteiger partial charge is 0.261 e. The van der Waals surface area contributed by atoms with Gasteiger partial charge < -0.3 is 24.7 Å². The van der Waals surface area contributed by atoms with Crippen molar-refractivity contribution in [3.05, 3.63) is 71.6 Å². The number of anilines is 3. The highest BCUT2D eigenvalue weighted by atomic mass is 35.5. The highest BCUT2D eigenvalue weighted by molar-refractivity contribution is 7.92. The van der Waals surface area contributed by atoms with Crippen LogP contribution in [0.1, 0.15) is 5.76 Å². The maximum Gasteiger partial charge on any atom is 0.261 e. The van der Waals surface area contributed by atoms with Gasteiger partial charge in [0.05, 0.1) is 42.3 Å². The number of morpholine rings is 1. The lowest BCUT2D eigenvalue weighted by molar-refractivity contribution is 0.123. The zero-order valence-electron chi connectivity index (χ0n) is 17.6. The molecule has 4 rings (SSSR count). The van der Waals surface area contributed by atoms with Crippen molar-refractivity contribution in [1.82, 2.24) is 5.32 Å². The maximum absolute atomic E-state index is 13.0. The molecule has 1 aliphatic rings. The first-order valence-corrected chi connectivity index (χ1v) is 12.5. The van der Waals surface area contributed by atoms with Crippen LogP contribution in [0.2, 0.25) is 5.02 Å². The SMILES string of the molecule is O=S(=O)(Nc1ccc(Cl)cc1)c1ccc(N2CCOCC2)c(NC(=S)NCc2ccco2)c1. The quantitative estimate of drug-likeness (QED) is 0.413. The summed E-state index contributed by atoms with van der Waals surface area (Å²) in [6.07, 6.45) is 1.59. The molecule has 0 bridgehead atoms. The summed E-state index contributed by atoms with van der Waals surface area (Å²) in [5, 5.41) is 7.08. The fourth-order valence-electron chi connectivity index (χ4n) is 3.34. The van der Waals surface area contributed by atoms with Gasteiger partial charge in [-0.1, -0.05) is 11.6 Å². The molecule has 0 unspecified atom stereocenters. The largest absolute Gasteiger partial charge is 0.467 e. The Morgan fingerprint density at radius 2 is 1.85 bits per heavy atom. The van der Waals surface area contributed by atoms with Crippen LogP contribution in [0.4, 0.5) is 17.1 Å². The van der Waals surface area contributed by atoms with Crippen LogP contribution in [0.15, 0.2) is 70.2 Å². The van der Waals surface area contributed by atoms with E-state index >= 15 is 0 Å². The van der Waals surface area contributed by atoms with Gasteiger partial charge in [0.1, 0.15) is 5.76 Å². The average molecular weight is 507 g/mol. The highest BCUT2D eigenvalue weighted by Crippen LogP contribution is 2.30. The van der Waals surface area contributed by atoms with Gasteiger partial charge in [0.15, 0.2) is 5.11 Å². The Bertz CT molecular complexity index is 1200. The van der Waals surface area contributed by atoms with Crippen LogP contribution in [0.25, 0.3) is 0 Å². The lowest BCUT2D eigenvalue weighted by atomic mass is 10.2. The molecule has 174 valence electrons. The first kappa shape index (κ1) is 23.4. The van der Waals surface area contributed by atoms with Crippen molar-refractivity contribution >= 4 is 56.0 Å². The van der Waals surface area contributed by atoms with E-state index in [-0.39, 0.29) is 4.90 Å². The Kier molecular flexibility index (Phi) is 7.39. The van der Waals surface area contributed by atoms with Gasteiger partial charge in [-0.2, -0.15) is 0 Å². The molecular weight excluding hydrogens is 484 g/mol. The van der Waals surface area contributed by atoms with E-state index in [9.17, 15) is 8.42 Å². The number of hydrogen-bond donors (Lipinski definition) is 3. The Morgan fingerprint density at radius 3 is 2.55 bits per heavy atom. The van der Waals surface area contributed by atoms with Gasteiger partial charge >= 0.3 is 0 Å². The topological polar surface area (TPSA) is 95.8 Å². The minimum absolute atomic E-state index is 0.103. The van der Waals surface area contributed by atoms with Crippen LogP contribution in [-0.2, 0) is 21.3 Å². The first-order valence-electron chi connectivity index (χ1n) is 10.2. The third kappa shape index (κ3) is 6.17. The number of rotatable bonds is 7. The number of nitrogens with one attached hydrogen (secondary N) is 3. The van der Waals surface area contributed by atoms with Gasteiger partial charge in [-0.05, 0) is 66.8 Å². The summed E-state index contributed by atoms with van der Waals surface area (Å²) in [4.78, 5) is 2.23. The van der Waals surface area contributed by atoms with Gasteiger partial charge in [-0.15, -0.1) is 0 Å². The molecule has 1 saturated heterocycles. The van der Waals surface area contributed by atoms with Crippen LogP contribution in [0.3, 0.4) is 0 Å².